The smallest absolute Gasteiger partial charge is 0.132 e. The molecule has 0 radical (unpaired) electrons. The first kappa shape index (κ1) is 13.7. The number of benzene rings is 1. The molecule has 0 saturated heterocycles. The number of hydrogen-bond donors (Lipinski definition) is 0. The highest BCUT2D eigenvalue weighted by atomic mass is 127. The Labute approximate surface area is 103 Å². The lowest BCUT2D eigenvalue weighted by molar-refractivity contribution is -0.00000359. The summed E-state index contributed by atoms with van der Waals surface area (Å²) in [5, 5.41) is 0. The molecule has 0 aliphatic rings. The van der Waals surface area contributed by atoms with Crippen LogP contribution in [0, 0.1) is 0 Å². The third-order valence-electron chi connectivity index (χ3n) is 1.92. The summed E-state index contributed by atoms with van der Waals surface area (Å²) in [5.41, 5.74) is 1.28. The van der Waals surface area contributed by atoms with Crippen molar-refractivity contribution in [3.8, 4) is 5.75 Å². The molecule has 0 spiro atoms. The van der Waals surface area contributed by atoms with Crippen molar-refractivity contribution in [3.05, 3.63) is 24.3 Å². The Kier molecular flexibility index (Phi) is 5.44. The largest absolute Gasteiger partial charge is 1.00 e. The Morgan fingerprint density at radius 3 is 1.93 bits per heavy atom. The molecule has 80 valence electrons. The van der Waals surface area contributed by atoms with Crippen molar-refractivity contribution in [2.75, 3.05) is 27.7 Å². The maximum Gasteiger partial charge on any atom is 0.132 e. The van der Waals surface area contributed by atoms with Gasteiger partial charge < -0.3 is 28.7 Å². The third kappa shape index (κ3) is 3.84. The second kappa shape index (κ2) is 5.56. The summed E-state index contributed by atoms with van der Waals surface area (Å²) in [4.78, 5) is 0. The van der Waals surface area contributed by atoms with Gasteiger partial charge in [0.2, 0.25) is 0 Å². The molecule has 1 rings (SSSR count). The fraction of sp³-hybridized carbons (Fsp3) is 0.455. The zero-order chi connectivity index (χ0) is 9.90. The molecule has 0 fully saturated rings. The lowest BCUT2D eigenvalue weighted by Gasteiger charge is -2.23. The third-order valence-corrected chi connectivity index (χ3v) is 1.92. The Balaban J connectivity index is 0.00000169. The summed E-state index contributed by atoms with van der Waals surface area (Å²) in [5.74, 6) is 0.944. The van der Waals surface area contributed by atoms with Crippen LogP contribution in [0.15, 0.2) is 24.3 Å². The summed E-state index contributed by atoms with van der Waals surface area (Å²) in [6.45, 7) is 2.72. The van der Waals surface area contributed by atoms with Crippen molar-refractivity contribution in [3.63, 3.8) is 0 Å². The lowest BCUT2D eigenvalue weighted by atomic mass is 10.2. The molecular weight excluding hydrogens is 289 g/mol. The summed E-state index contributed by atoms with van der Waals surface area (Å²) >= 11 is 0. The van der Waals surface area contributed by atoms with Crippen LogP contribution in [0.2, 0.25) is 0 Å². The van der Waals surface area contributed by atoms with Gasteiger partial charge in [0.05, 0.1) is 27.7 Å². The van der Waals surface area contributed by atoms with Crippen molar-refractivity contribution < 1.29 is 28.7 Å². The van der Waals surface area contributed by atoms with Crippen LogP contribution in [0.1, 0.15) is 6.92 Å². The van der Waals surface area contributed by atoms with E-state index in [0.29, 0.717) is 0 Å². The molecule has 0 bridgehead atoms. The average molecular weight is 307 g/mol. The van der Waals surface area contributed by atoms with Gasteiger partial charge in [0.1, 0.15) is 11.4 Å². The highest BCUT2D eigenvalue weighted by Gasteiger charge is 2.10. The summed E-state index contributed by atoms with van der Waals surface area (Å²) in [6, 6.07) is 8.24. The SMILES string of the molecule is CCOc1ccc([N+](C)(C)C)cc1.[I-]. The Morgan fingerprint density at radius 2 is 1.57 bits per heavy atom. The van der Waals surface area contributed by atoms with E-state index in [1.54, 1.807) is 0 Å². The molecule has 0 heterocycles. The van der Waals surface area contributed by atoms with Crippen molar-refractivity contribution in [2.24, 2.45) is 0 Å². The van der Waals surface area contributed by atoms with E-state index in [4.69, 9.17) is 4.74 Å². The standard InChI is InChI=1S/C11H18NO.HI/c1-5-13-11-8-6-10(7-9-11)12(2,3)4;/h6-9H,5H2,1-4H3;1H/q+1;/p-1. The quantitative estimate of drug-likeness (QED) is 0.529. The van der Waals surface area contributed by atoms with Crippen LogP contribution < -0.4 is 33.2 Å². The first-order valence-electron chi connectivity index (χ1n) is 4.59. The van der Waals surface area contributed by atoms with E-state index >= 15 is 0 Å². The molecule has 0 aliphatic heterocycles. The predicted octanol–water partition coefficient (Wildman–Crippen LogP) is -0.714. The number of ether oxygens (including phenoxy) is 1. The summed E-state index contributed by atoms with van der Waals surface area (Å²) < 4.78 is 6.21. The van der Waals surface area contributed by atoms with Crippen LogP contribution in [-0.4, -0.2) is 27.7 Å². The minimum atomic E-state index is 0. The normalized spacial score (nSPS) is 10.6. The van der Waals surface area contributed by atoms with Gasteiger partial charge in [-0.1, -0.05) is 0 Å². The fourth-order valence-electron chi connectivity index (χ4n) is 1.16. The average Bonchev–Trinajstić information content (AvgIpc) is 2.04. The summed E-state index contributed by atoms with van der Waals surface area (Å²) in [7, 11) is 6.45. The number of nitrogens with zero attached hydrogens (tertiary/aromatic N) is 1. The van der Waals surface area contributed by atoms with E-state index < -0.39 is 0 Å². The van der Waals surface area contributed by atoms with Gasteiger partial charge in [0, 0.05) is 12.1 Å². The van der Waals surface area contributed by atoms with Crippen molar-refractivity contribution in [1.82, 2.24) is 4.48 Å². The van der Waals surface area contributed by atoms with Gasteiger partial charge in [-0.15, -0.1) is 0 Å². The van der Waals surface area contributed by atoms with E-state index in [0.717, 1.165) is 16.8 Å². The molecule has 3 heteroatoms. The highest BCUT2D eigenvalue weighted by Crippen LogP contribution is 2.20. The number of quaternary nitrogens is 1. The molecule has 0 unspecified atom stereocenters. The minimum absolute atomic E-state index is 0. The molecule has 0 atom stereocenters. The first-order valence-corrected chi connectivity index (χ1v) is 4.59. The van der Waals surface area contributed by atoms with Gasteiger partial charge in [-0.05, 0) is 19.1 Å². The Morgan fingerprint density at radius 1 is 1.07 bits per heavy atom. The van der Waals surface area contributed by atoms with Gasteiger partial charge in [-0.3, -0.25) is 4.48 Å². The van der Waals surface area contributed by atoms with E-state index in [9.17, 15) is 0 Å². The monoisotopic (exact) mass is 307 g/mol. The van der Waals surface area contributed by atoms with Crippen LogP contribution in [0.5, 0.6) is 5.75 Å². The summed E-state index contributed by atoms with van der Waals surface area (Å²) in [6.07, 6.45) is 0. The Hall–Kier alpha value is -0.290. The van der Waals surface area contributed by atoms with Crippen molar-refractivity contribution in [1.29, 1.82) is 0 Å². The number of hydrogen-bond acceptors (Lipinski definition) is 1. The minimum Gasteiger partial charge on any atom is -1.00 e. The molecule has 0 aromatic heterocycles. The van der Waals surface area contributed by atoms with Gasteiger partial charge in [-0.25, -0.2) is 0 Å². The molecule has 1 aromatic carbocycles. The molecule has 0 saturated carbocycles. The van der Waals surface area contributed by atoms with E-state index in [2.05, 4.69) is 33.3 Å². The van der Waals surface area contributed by atoms with Crippen LogP contribution in [0.3, 0.4) is 0 Å². The fourth-order valence-corrected chi connectivity index (χ4v) is 1.16. The molecule has 14 heavy (non-hydrogen) atoms. The molecule has 2 nitrogen and oxygen atoms in total. The van der Waals surface area contributed by atoms with E-state index in [1.165, 1.54) is 5.69 Å². The van der Waals surface area contributed by atoms with E-state index in [1.807, 2.05) is 19.1 Å². The van der Waals surface area contributed by atoms with Crippen molar-refractivity contribution in [2.45, 2.75) is 6.92 Å². The maximum absolute atomic E-state index is 5.37. The highest BCUT2D eigenvalue weighted by molar-refractivity contribution is 5.44. The lowest BCUT2D eigenvalue weighted by Crippen LogP contribution is -3.00. The van der Waals surface area contributed by atoms with Crippen LogP contribution >= 0.6 is 0 Å². The molecule has 0 aliphatic carbocycles. The van der Waals surface area contributed by atoms with Crippen LogP contribution in [0.25, 0.3) is 0 Å². The predicted molar refractivity (Wildman–Crippen MR) is 57.2 cm³/mol. The number of halogens is 1. The first-order chi connectivity index (χ1) is 6.04. The second-order valence-corrected chi connectivity index (χ2v) is 3.94. The van der Waals surface area contributed by atoms with Gasteiger partial charge in [0.15, 0.2) is 0 Å². The maximum atomic E-state index is 5.37. The van der Waals surface area contributed by atoms with Gasteiger partial charge >= 0.3 is 0 Å². The Bertz CT molecular complexity index is 264. The van der Waals surface area contributed by atoms with Crippen molar-refractivity contribution >= 4 is 5.69 Å². The van der Waals surface area contributed by atoms with Crippen LogP contribution in [-0.2, 0) is 0 Å². The molecule has 1 aromatic rings. The second-order valence-electron chi connectivity index (χ2n) is 3.94. The topological polar surface area (TPSA) is 9.23 Å². The number of rotatable bonds is 3. The zero-order valence-corrected chi connectivity index (χ0v) is 11.4. The molecule has 0 N–H and O–H groups in total. The molecule has 0 amide bonds. The zero-order valence-electron chi connectivity index (χ0n) is 9.25. The van der Waals surface area contributed by atoms with Crippen LogP contribution in [0.4, 0.5) is 5.69 Å². The van der Waals surface area contributed by atoms with E-state index in [-0.39, 0.29) is 24.0 Å². The van der Waals surface area contributed by atoms with Gasteiger partial charge in [0.25, 0.3) is 0 Å². The van der Waals surface area contributed by atoms with Gasteiger partial charge in [-0.2, -0.15) is 0 Å². The molecular formula is C11H18INO.